The summed E-state index contributed by atoms with van der Waals surface area (Å²) in [6.45, 7) is 3.85. The minimum absolute atomic E-state index is 0.129. The van der Waals surface area contributed by atoms with E-state index < -0.39 is 21.3 Å². The third-order valence-electron chi connectivity index (χ3n) is 2.51. The number of carboxylic acid groups (broad SMARTS) is 2. The maximum absolute atomic E-state index is 11.0. The fraction of sp³-hybridized carbons (Fsp3) is 0.500. The van der Waals surface area contributed by atoms with Gasteiger partial charge in [0.2, 0.25) is 0 Å². The Morgan fingerprint density at radius 3 is 2.28 bits per heavy atom. The zero-order valence-corrected chi connectivity index (χ0v) is 12.4. The Kier molecular flexibility index (Phi) is 7.15. The molecule has 18 heavy (non-hydrogen) atoms. The van der Waals surface area contributed by atoms with Gasteiger partial charge in [0.1, 0.15) is 3.42 Å². The molecule has 1 rings (SSSR count). The van der Waals surface area contributed by atoms with E-state index in [1.165, 1.54) is 18.2 Å². The summed E-state index contributed by atoms with van der Waals surface area (Å²) >= 11 is 1.76. The second-order valence-corrected chi connectivity index (χ2v) is 5.59. The molecule has 0 saturated carbocycles. The molecule has 0 aromatic heterocycles. The number of hydrogen-bond donors (Lipinski definition) is 3. The minimum atomic E-state index is -1.15. The summed E-state index contributed by atoms with van der Waals surface area (Å²) in [5.74, 6) is -2.62. The topological polar surface area (TPSA) is 94.8 Å². The second-order valence-electron chi connectivity index (χ2n) is 3.80. The smallest absolute Gasteiger partial charge is 0.331 e. The number of aliphatic carboxylic acids is 2. The van der Waals surface area contributed by atoms with Crippen LogP contribution in [0, 0.1) is 5.92 Å². The third kappa shape index (κ3) is 4.09. The van der Waals surface area contributed by atoms with Crippen LogP contribution in [0.1, 0.15) is 20.3 Å². The van der Waals surface area contributed by atoms with E-state index in [0.29, 0.717) is 6.61 Å². The van der Waals surface area contributed by atoms with Crippen molar-refractivity contribution in [2.45, 2.75) is 23.7 Å². The monoisotopic (exact) mass is 368 g/mol. The Bertz CT molecular complexity index is 373. The largest absolute Gasteiger partial charge is 0.480 e. The van der Waals surface area contributed by atoms with Gasteiger partial charge in [0, 0.05) is 18.1 Å². The van der Waals surface area contributed by atoms with Crippen molar-refractivity contribution in [3.8, 4) is 0 Å². The Hall–Kier alpha value is -0.890. The average molecular weight is 368 g/mol. The molecule has 2 unspecified atom stereocenters. The summed E-state index contributed by atoms with van der Waals surface area (Å²) in [6, 6.07) is 0. The molecule has 0 radical (unpaired) electrons. The third-order valence-corrected chi connectivity index (χ3v) is 4.26. The van der Waals surface area contributed by atoms with E-state index >= 15 is 0 Å². The zero-order valence-electron chi connectivity index (χ0n) is 10.3. The molecule has 0 spiro atoms. The fourth-order valence-corrected chi connectivity index (χ4v) is 1.86. The molecule has 6 heteroatoms. The van der Waals surface area contributed by atoms with Crippen LogP contribution >= 0.6 is 22.6 Å². The van der Waals surface area contributed by atoms with Gasteiger partial charge in [-0.3, -0.25) is 4.79 Å². The van der Waals surface area contributed by atoms with Crippen molar-refractivity contribution in [1.29, 1.82) is 0 Å². The molecule has 3 N–H and O–H groups in total. The van der Waals surface area contributed by atoms with Crippen LogP contribution in [0.5, 0.6) is 0 Å². The highest BCUT2D eigenvalue weighted by atomic mass is 127. The normalized spacial score (nSPS) is 25.8. The highest BCUT2D eigenvalue weighted by Gasteiger charge is 2.43. The van der Waals surface area contributed by atoms with E-state index in [-0.39, 0.29) is 5.57 Å². The van der Waals surface area contributed by atoms with Crippen molar-refractivity contribution < 1.29 is 24.9 Å². The van der Waals surface area contributed by atoms with E-state index in [1.54, 1.807) is 29.5 Å². The molecular weight excluding hydrogens is 351 g/mol. The molecule has 0 bridgehead atoms. The number of alkyl halides is 1. The van der Waals surface area contributed by atoms with Crippen molar-refractivity contribution in [2.24, 2.45) is 5.92 Å². The summed E-state index contributed by atoms with van der Waals surface area (Å²) in [5.41, 5.74) is 0.129. The first kappa shape index (κ1) is 17.1. The molecule has 0 aromatic carbocycles. The van der Waals surface area contributed by atoms with Gasteiger partial charge in [-0.05, 0) is 6.42 Å². The molecule has 1 aliphatic carbocycles. The lowest BCUT2D eigenvalue weighted by Crippen LogP contribution is -2.40. The summed E-state index contributed by atoms with van der Waals surface area (Å²) in [7, 11) is 0. The van der Waals surface area contributed by atoms with Gasteiger partial charge in [-0.25, -0.2) is 4.79 Å². The van der Waals surface area contributed by atoms with Crippen LogP contribution in [0.2, 0.25) is 0 Å². The van der Waals surface area contributed by atoms with E-state index in [9.17, 15) is 9.59 Å². The molecule has 0 amide bonds. The van der Waals surface area contributed by atoms with Gasteiger partial charge in [-0.15, -0.1) is 0 Å². The lowest BCUT2D eigenvalue weighted by Gasteiger charge is -2.29. The SMILES string of the molecule is CC1C(C(=O)O)=CC=CC1(I)C(=O)O.CCCO. The molecule has 0 fully saturated rings. The van der Waals surface area contributed by atoms with E-state index in [4.69, 9.17) is 15.3 Å². The number of hydrogen-bond acceptors (Lipinski definition) is 3. The molecule has 0 aliphatic heterocycles. The van der Waals surface area contributed by atoms with Crippen LogP contribution in [0.15, 0.2) is 23.8 Å². The molecule has 0 heterocycles. The first-order valence-electron chi connectivity index (χ1n) is 5.47. The minimum Gasteiger partial charge on any atom is -0.480 e. The number of allylic oxidation sites excluding steroid dienone is 2. The standard InChI is InChI=1S/C9H9IO4.C3H8O/c1-5-6(7(11)12)3-2-4-9(5,10)8(13)14;1-2-3-4/h2-5H,1H3,(H,11,12)(H,13,14);4H,2-3H2,1H3. The second kappa shape index (κ2) is 7.52. The summed E-state index contributed by atoms with van der Waals surface area (Å²) in [5, 5.41) is 25.7. The Labute approximate surface area is 119 Å². The first-order valence-corrected chi connectivity index (χ1v) is 6.55. The quantitative estimate of drug-likeness (QED) is 0.522. The summed E-state index contributed by atoms with van der Waals surface area (Å²) < 4.78 is -1.15. The van der Waals surface area contributed by atoms with Gasteiger partial charge >= 0.3 is 11.9 Å². The number of rotatable bonds is 3. The van der Waals surface area contributed by atoms with Gasteiger partial charge in [0.25, 0.3) is 0 Å². The van der Waals surface area contributed by atoms with Gasteiger partial charge in [0.05, 0.1) is 0 Å². The number of carbonyl (C=O) groups is 2. The van der Waals surface area contributed by atoms with E-state index in [0.717, 1.165) is 6.42 Å². The Balaban J connectivity index is 0.000000631. The van der Waals surface area contributed by atoms with Gasteiger partial charge in [0.15, 0.2) is 0 Å². The maximum atomic E-state index is 11.0. The lowest BCUT2D eigenvalue weighted by atomic mass is 9.83. The number of aliphatic hydroxyl groups excluding tert-OH is 1. The maximum Gasteiger partial charge on any atom is 0.331 e. The predicted molar refractivity (Wildman–Crippen MR) is 75.8 cm³/mol. The van der Waals surface area contributed by atoms with Crippen LogP contribution in [0.4, 0.5) is 0 Å². The summed E-state index contributed by atoms with van der Waals surface area (Å²) in [6.07, 6.45) is 5.30. The highest BCUT2D eigenvalue weighted by molar-refractivity contribution is 14.1. The molecule has 5 nitrogen and oxygen atoms in total. The zero-order chi connectivity index (χ0) is 14.3. The van der Waals surface area contributed by atoms with Crippen molar-refractivity contribution in [2.75, 3.05) is 6.61 Å². The molecule has 0 aromatic rings. The molecule has 102 valence electrons. The Morgan fingerprint density at radius 2 is 1.94 bits per heavy atom. The van der Waals surface area contributed by atoms with Gasteiger partial charge in [-0.2, -0.15) is 0 Å². The van der Waals surface area contributed by atoms with Crippen LogP contribution in [-0.4, -0.2) is 37.3 Å². The lowest BCUT2D eigenvalue weighted by molar-refractivity contribution is -0.139. The molecular formula is C12H17IO5. The van der Waals surface area contributed by atoms with E-state index in [1.807, 2.05) is 6.92 Å². The number of carboxylic acids is 2. The van der Waals surface area contributed by atoms with Crippen LogP contribution in [0.25, 0.3) is 0 Å². The summed E-state index contributed by atoms with van der Waals surface area (Å²) in [4.78, 5) is 21.8. The highest BCUT2D eigenvalue weighted by Crippen LogP contribution is 2.38. The van der Waals surface area contributed by atoms with E-state index in [2.05, 4.69) is 0 Å². The van der Waals surface area contributed by atoms with Crippen LogP contribution < -0.4 is 0 Å². The number of aliphatic hydroxyl groups is 1. The average Bonchev–Trinajstić information content (AvgIpc) is 2.32. The molecule has 0 saturated heterocycles. The van der Waals surface area contributed by atoms with Gasteiger partial charge < -0.3 is 15.3 Å². The van der Waals surface area contributed by atoms with Crippen molar-refractivity contribution in [3.05, 3.63) is 23.8 Å². The molecule has 1 aliphatic rings. The van der Waals surface area contributed by atoms with Crippen molar-refractivity contribution in [1.82, 2.24) is 0 Å². The van der Waals surface area contributed by atoms with Crippen molar-refractivity contribution in [3.63, 3.8) is 0 Å². The van der Waals surface area contributed by atoms with Crippen LogP contribution in [-0.2, 0) is 9.59 Å². The fourth-order valence-electron chi connectivity index (χ4n) is 1.32. The molecule has 2 atom stereocenters. The predicted octanol–water partition coefficient (Wildman–Crippen LogP) is 1.85. The Morgan fingerprint density at radius 1 is 1.44 bits per heavy atom. The number of halogens is 1. The first-order chi connectivity index (χ1) is 8.31. The van der Waals surface area contributed by atoms with Crippen LogP contribution in [0.3, 0.4) is 0 Å². The van der Waals surface area contributed by atoms with Gasteiger partial charge in [-0.1, -0.05) is 54.7 Å². The van der Waals surface area contributed by atoms with Crippen molar-refractivity contribution >= 4 is 34.5 Å².